The Morgan fingerprint density at radius 2 is 1.71 bits per heavy atom. The van der Waals surface area contributed by atoms with Crippen LogP contribution in [-0.4, -0.2) is 28.6 Å². The minimum atomic E-state index is -0.736. The van der Waals surface area contributed by atoms with Crippen LogP contribution >= 0.6 is 0 Å². The number of benzene rings is 1. The summed E-state index contributed by atoms with van der Waals surface area (Å²) in [6, 6.07) is 9.02. The van der Waals surface area contributed by atoms with Crippen molar-refractivity contribution in [3.05, 3.63) is 35.4 Å². The van der Waals surface area contributed by atoms with E-state index in [1.165, 1.54) is 11.1 Å². The highest BCUT2D eigenvalue weighted by molar-refractivity contribution is 5.67. The van der Waals surface area contributed by atoms with Gasteiger partial charge in [0.15, 0.2) is 0 Å². The summed E-state index contributed by atoms with van der Waals surface area (Å²) in [4.78, 5) is 13.2. The Morgan fingerprint density at radius 1 is 1.14 bits per heavy atom. The lowest BCUT2D eigenvalue weighted by molar-refractivity contribution is -0.138. The van der Waals surface area contributed by atoms with Gasteiger partial charge >= 0.3 is 5.97 Å². The highest BCUT2D eigenvalue weighted by Gasteiger charge is 2.21. The first-order chi connectivity index (χ1) is 9.85. The first kappa shape index (κ1) is 17.7. The van der Waals surface area contributed by atoms with E-state index in [9.17, 15) is 4.79 Å². The van der Waals surface area contributed by atoms with Crippen LogP contribution in [0.25, 0.3) is 0 Å². The summed E-state index contributed by atoms with van der Waals surface area (Å²) in [5.41, 5.74) is 2.61. The average Bonchev–Trinajstić information content (AvgIpc) is 2.38. The number of carboxylic acid groups (broad SMARTS) is 1. The molecule has 0 saturated heterocycles. The highest BCUT2D eigenvalue weighted by atomic mass is 16.4. The predicted octanol–water partition coefficient (Wildman–Crippen LogP) is 4.13. The fourth-order valence-electron chi connectivity index (χ4n) is 2.93. The minimum Gasteiger partial charge on any atom is -0.481 e. The lowest BCUT2D eigenvalue weighted by atomic mass is 9.98. The van der Waals surface area contributed by atoms with Crippen LogP contribution in [0, 0.1) is 5.92 Å². The van der Waals surface area contributed by atoms with Gasteiger partial charge in [0.1, 0.15) is 0 Å². The van der Waals surface area contributed by atoms with E-state index in [1.54, 1.807) is 0 Å². The number of nitrogens with zero attached hydrogens (tertiary/aromatic N) is 1. The molecule has 1 aromatic rings. The Hall–Kier alpha value is -1.35. The van der Waals surface area contributed by atoms with Crippen LogP contribution in [0.4, 0.5) is 0 Å². The third kappa shape index (κ3) is 5.50. The molecule has 0 aliphatic heterocycles. The highest BCUT2D eigenvalue weighted by Crippen LogP contribution is 2.24. The monoisotopic (exact) mass is 291 g/mol. The maximum atomic E-state index is 10.9. The zero-order chi connectivity index (χ0) is 16.0. The summed E-state index contributed by atoms with van der Waals surface area (Å²) in [7, 11) is 0. The van der Waals surface area contributed by atoms with Gasteiger partial charge in [-0.15, -0.1) is 0 Å². The summed E-state index contributed by atoms with van der Waals surface area (Å²) in [5.74, 6) is -0.0727. The summed E-state index contributed by atoms with van der Waals surface area (Å²) in [6.07, 6.45) is 1.28. The van der Waals surface area contributed by atoms with Gasteiger partial charge in [0.25, 0.3) is 0 Å². The molecule has 3 heteroatoms. The second kappa shape index (κ2) is 8.18. The van der Waals surface area contributed by atoms with E-state index in [4.69, 9.17) is 5.11 Å². The Labute approximate surface area is 129 Å². The quantitative estimate of drug-likeness (QED) is 0.783. The molecule has 0 bridgehead atoms. The Bertz CT molecular complexity index is 439. The Kier molecular flexibility index (Phi) is 6.90. The van der Waals surface area contributed by atoms with Crippen LogP contribution in [0.3, 0.4) is 0 Å². The summed E-state index contributed by atoms with van der Waals surface area (Å²) in [5, 5.41) is 8.97. The van der Waals surface area contributed by atoms with Crippen molar-refractivity contribution in [2.75, 3.05) is 6.54 Å². The maximum Gasteiger partial charge on any atom is 0.304 e. The molecule has 0 amide bonds. The molecule has 1 aromatic carbocycles. The van der Waals surface area contributed by atoms with Gasteiger partial charge in [0.2, 0.25) is 0 Å². The van der Waals surface area contributed by atoms with E-state index in [1.807, 2.05) is 6.92 Å². The Balaban J connectivity index is 2.79. The Morgan fingerprint density at radius 3 is 2.14 bits per heavy atom. The van der Waals surface area contributed by atoms with Crippen molar-refractivity contribution in [3.63, 3.8) is 0 Å². The van der Waals surface area contributed by atoms with E-state index in [0.717, 1.165) is 13.0 Å². The van der Waals surface area contributed by atoms with Crippen LogP contribution in [0.2, 0.25) is 0 Å². The third-order valence-electron chi connectivity index (χ3n) is 4.00. The lowest BCUT2D eigenvalue weighted by Gasteiger charge is -2.33. The molecule has 0 saturated carbocycles. The maximum absolute atomic E-state index is 10.9. The summed E-state index contributed by atoms with van der Waals surface area (Å²) >= 11 is 0. The van der Waals surface area contributed by atoms with Crippen molar-refractivity contribution >= 4 is 5.97 Å². The predicted molar refractivity (Wildman–Crippen MR) is 87.5 cm³/mol. The minimum absolute atomic E-state index is 0.0397. The first-order valence-electron chi connectivity index (χ1n) is 7.91. The first-order valence-corrected chi connectivity index (χ1v) is 7.91. The van der Waals surface area contributed by atoms with Gasteiger partial charge in [-0.3, -0.25) is 9.69 Å². The van der Waals surface area contributed by atoms with Gasteiger partial charge < -0.3 is 5.11 Å². The summed E-state index contributed by atoms with van der Waals surface area (Å²) < 4.78 is 0. The molecule has 2 unspecified atom stereocenters. The van der Waals surface area contributed by atoms with Crippen LogP contribution in [0.5, 0.6) is 0 Å². The molecular formula is C18H29NO2. The second-order valence-electron chi connectivity index (χ2n) is 6.29. The van der Waals surface area contributed by atoms with E-state index in [-0.39, 0.29) is 18.5 Å². The summed E-state index contributed by atoms with van der Waals surface area (Å²) in [6.45, 7) is 11.5. The molecule has 2 atom stereocenters. The van der Waals surface area contributed by atoms with Gasteiger partial charge in [0.05, 0.1) is 6.42 Å². The van der Waals surface area contributed by atoms with Crippen molar-refractivity contribution in [2.24, 2.45) is 5.92 Å². The molecule has 1 rings (SSSR count). The van der Waals surface area contributed by atoms with E-state index < -0.39 is 5.97 Å². The lowest BCUT2D eigenvalue weighted by Crippen LogP contribution is -2.36. The molecule has 0 aliphatic carbocycles. The van der Waals surface area contributed by atoms with Crippen molar-refractivity contribution in [1.82, 2.24) is 4.90 Å². The molecule has 3 nitrogen and oxygen atoms in total. The molecule has 0 heterocycles. The number of rotatable bonds is 8. The molecule has 0 radical (unpaired) electrons. The number of aliphatic carboxylic acids is 1. The molecule has 1 N–H and O–H groups in total. The van der Waals surface area contributed by atoms with Crippen LogP contribution < -0.4 is 0 Å². The average molecular weight is 291 g/mol. The third-order valence-corrected chi connectivity index (χ3v) is 4.00. The van der Waals surface area contributed by atoms with Crippen molar-refractivity contribution in [2.45, 2.75) is 59.5 Å². The normalized spacial score (nSPS) is 14.4. The SMILES string of the molecule is CCN(C(C)CC(=O)O)C(C)c1ccc(CC(C)C)cc1. The van der Waals surface area contributed by atoms with Crippen LogP contribution in [0.15, 0.2) is 24.3 Å². The van der Waals surface area contributed by atoms with Gasteiger partial charge in [-0.05, 0) is 43.9 Å². The molecule has 0 spiro atoms. The number of carbonyl (C=O) groups is 1. The van der Waals surface area contributed by atoms with Crippen molar-refractivity contribution < 1.29 is 9.90 Å². The fraction of sp³-hybridized carbons (Fsp3) is 0.611. The van der Waals surface area contributed by atoms with Crippen LogP contribution in [0.1, 0.15) is 58.2 Å². The second-order valence-corrected chi connectivity index (χ2v) is 6.29. The molecular weight excluding hydrogens is 262 g/mol. The number of hydrogen-bond acceptors (Lipinski definition) is 2. The zero-order valence-electron chi connectivity index (χ0n) is 14.0. The zero-order valence-corrected chi connectivity index (χ0v) is 14.0. The molecule has 0 fully saturated rings. The van der Waals surface area contributed by atoms with Gasteiger partial charge in [-0.1, -0.05) is 45.0 Å². The molecule has 0 aromatic heterocycles. The van der Waals surface area contributed by atoms with Crippen molar-refractivity contribution in [1.29, 1.82) is 0 Å². The van der Waals surface area contributed by atoms with E-state index in [0.29, 0.717) is 5.92 Å². The smallest absolute Gasteiger partial charge is 0.304 e. The van der Waals surface area contributed by atoms with Crippen LogP contribution in [-0.2, 0) is 11.2 Å². The van der Waals surface area contributed by atoms with E-state index >= 15 is 0 Å². The standard InChI is InChI=1S/C18H29NO2/c1-6-19(14(4)12-18(20)21)15(5)17-9-7-16(8-10-17)11-13(2)3/h7-10,13-15H,6,11-12H2,1-5H3,(H,20,21). The van der Waals surface area contributed by atoms with Crippen molar-refractivity contribution in [3.8, 4) is 0 Å². The van der Waals surface area contributed by atoms with E-state index in [2.05, 4.69) is 56.9 Å². The molecule has 118 valence electrons. The number of hydrogen-bond donors (Lipinski definition) is 1. The van der Waals surface area contributed by atoms with Gasteiger partial charge in [0, 0.05) is 12.1 Å². The topological polar surface area (TPSA) is 40.5 Å². The van der Waals surface area contributed by atoms with Gasteiger partial charge in [-0.25, -0.2) is 0 Å². The molecule has 21 heavy (non-hydrogen) atoms. The fourth-order valence-corrected chi connectivity index (χ4v) is 2.93. The van der Waals surface area contributed by atoms with Gasteiger partial charge in [-0.2, -0.15) is 0 Å². The number of carboxylic acids is 1. The largest absolute Gasteiger partial charge is 0.481 e. The molecule has 0 aliphatic rings.